The molecule has 0 radical (unpaired) electrons. The lowest BCUT2D eigenvalue weighted by atomic mass is 10.0. The van der Waals surface area contributed by atoms with Crippen LogP contribution in [0.25, 0.3) is 0 Å². The summed E-state index contributed by atoms with van der Waals surface area (Å²) in [6.45, 7) is 3.44. The highest BCUT2D eigenvalue weighted by Crippen LogP contribution is 2.24. The summed E-state index contributed by atoms with van der Waals surface area (Å²) in [5, 5.41) is 22.1. The Morgan fingerprint density at radius 1 is 1.39 bits per heavy atom. The number of aromatic nitrogens is 3. The third-order valence-corrected chi connectivity index (χ3v) is 4.01. The van der Waals surface area contributed by atoms with Crippen molar-refractivity contribution in [2.75, 3.05) is 23.3 Å². The molecule has 0 saturated carbocycles. The highest BCUT2D eigenvalue weighted by atomic mass is 16.6. The molecule has 0 aliphatic carbocycles. The van der Waals surface area contributed by atoms with E-state index in [4.69, 9.17) is 0 Å². The van der Waals surface area contributed by atoms with E-state index >= 15 is 0 Å². The first-order chi connectivity index (χ1) is 11.1. The van der Waals surface area contributed by atoms with Crippen molar-refractivity contribution >= 4 is 17.3 Å². The summed E-state index contributed by atoms with van der Waals surface area (Å²) in [6.07, 6.45) is 4.90. The van der Waals surface area contributed by atoms with Crippen LogP contribution in [0.1, 0.15) is 18.4 Å². The van der Waals surface area contributed by atoms with Gasteiger partial charge in [0.1, 0.15) is 17.8 Å². The maximum Gasteiger partial charge on any atom is 0.290 e. The highest BCUT2D eigenvalue weighted by molar-refractivity contribution is 5.49. The smallest absolute Gasteiger partial charge is 0.290 e. The molecule has 0 unspecified atom stereocenters. The molecule has 8 nitrogen and oxygen atoms in total. The summed E-state index contributed by atoms with van der Waals surface area (Å²) >= 11 is 0. The fourth-order valence-electron chi connectivity index (χ4n) is 2.74. The Morgan fingerprint density at radius 3 is 2.78 bits per heavy atom. The molecule has 0 aromatic carbocycles. The van der Waals surface area contributed by atoms with Crippen LogP contribution < -0.4 is 10.2 Å². The lowest BCUT2D eigenvalue weighted by molar-refractivity contribution is -0.385. The molecule has 1 aliphatic heterocycles. The molecule has 1 aliphatic rings. The number of nitrogens with zero attached hydrogens (tertiary/aromatic N) is 5. The monoisotopic (exact) mass is 314 g/mol. The summed E-state index contributed by atoms with van der Waals surface area (Å²) in [6, 6.07) is 5.89. The molecule has 0 amide bonds. The molecule has 1 N–H and O–H groups in total. The van der Waals surface area contributed by atoms with E-state index in [0.717, 1.165) is 37.6 Å². The number of anilines is 2. The third kappa shape index (κ3) is 3.53. The van der Waals surface area contributed by atoms with Crippen molar-refractivity contribution in [1.29, 1.82) is 0 Å². The molecule has 0 spiro atoms. The SMILES string of the molecule is Cc1cc(N2CCC(Nc3cccnn3)CC2)ncc1[N+](=O)[O-]. The number of nitro groups is 1. The molecule has 1 fully saturated rings. The number of hydrogen-bond acceptors (Lipinski definition) is 7. The van der Waals surface area contributed by atoms with Gasteiger partial charge in [-0.25, -0.2) is 4.98 Å². The van der Waals surface area contributed by atoms with Gasteiger partial charge in [-0.15, -0.1) is 5.10 Å². The minimum atomic E-state index is -0.400. The normalized spacial score (nSPS) is 15.4. The Morgan fingerprint density at radius 2 is 2.17 bits per heavy atom. The number of pyridine rings is 1. The van der Waals surface area contributed by atoms with Gasteiger partial charge in [0.25, 0.3) is 5.69 Å². The number of nitrogens with one attached hydrogen (secondary N) is 1. The minimum Gasteiger partial charge on any atom is -0.366 e. The van der Waals surface area contributed by atoms with Gasteiger partial charge in [0.2, 0.25) is 0 Å². The van der Waals surface area contributed by atoms with Crippen molar-refractivity contribution in [2.45, 2.75) is 25.8 Å². The molecule has 0 bridgehead atoms. The first kappa shape index (κ1) is 15.1. The zero-order valence-electron chi connectivity index (χ0n) is 12.8. The molecule has 2 aromatic rings. The number of hydrogen-bond donors (Lipinski definition) is 1. The first-order valence-corrected chi connectivity index (χ1v) is 7.53. The molecule has 1 saturated heterocycles. The van der Waals surface area contributed by atoms with Crippen molar-refractivity contribution in [3.05, 3.63) is 46.3 Å². The molecule has 3 rings (SSSR count). The lowest BCUT2D eigenvalue weighted by Crippen LogP contribution is -2.39. The molecule has 23 heavy (non-hydrogen) atoms. The van der Waals surface area contributed by atoms with E-state index in [2.05, 4.69) is 25.4 Å². The molecule has 120 valence electrons. The Kier molecular flexibility index (Phi) is 4.31. The second-order valence-corrected chi connectivity index (χ2v) is 5.60. The maximum atomic E-state index is 10.9. The molecular formula is C15H18N6O2. The maximum absolute atomic E-state index is 10.9. The number of aryl methyl sites for hydroxylation is 1. The average Bonchev–Trinajstić information content (AvgIpc) is 2.56. The Labute approximate surface area is 133 Å². The largest absolute Gasteiger partial charge is 0.366 e. The second kappa shape index (κ2) is 6.55. The van der Waals surface area contributed by atoms with Crippen molar-refractivity contribution in [1.82, 2.24) is 15.2 Å². The van der Waals surface area contributed by atoms with E-state index in [1.54, 1.807) is 19.2 Å². The van der Waals surface area contributed by atoms with Crippen molar-refractivity contribution < 1.29 is 4.92 Å². The molecule has 3 heterocycles. The van der Waals surface area contributed by atoms with Crippen LogP contribution in [0.2, 0.25) is 0 Å². The van der Waals surface area contributed by atoms with E-state index in [9.17, 15) is 10.1 Å². The fraction of sp³-hybridized carbons (Fsp3) is 0.400. The van der Waals surface area contributed by atoms with Gasteiger partial charge in [-0.2, -0.15) is 5.10 Å². The van der Waals surface area contributed by atoms with Crippen LogP contribution in [0.15, 0.2) is 30.6 Å². The minimum absolute atomic E-state index is 0.0629. The van der Waals surface area contributed by atoms with Crippen molar-refractivity contribution in [3.8, 4) is 0 Å². The summed E-state index contributed by atoms with van der Waals surface area (Å²) in [7, 11) is 0. The topological polar surface area (TPSA) is 97.1 Å². The van der Waals surface area contributed by atoms with E-state index in [1.807, 2.05) is 12.1 Å². The van der Waals surface area contributed by atoms with E-state index in [0.29, 0.717) is 11.6 Å². The molecule has 2 aromatic heterocycles. The quantitative estimate of drug-likeness (QED) is 0.682. The highest BCUT2D eigenvalue weighted by Gasteiger charge is 2.22. The van der Waals surface area contributed by atoms with Crippen molar-refractivity contribution in [2.24, 2.45) is 0 Å². The van der Waals surface area contributed by atoms with Crippen LogP contribution in [-0.2, 0) is 0 Å². The van der Waals surface area contributed by atoms with Gasteiger partial charge >= 0.3 is 0 Å². The predicted molar refractivity (Wildman–Crippen MR) is 86.5 cm³/mol. The third-order valence-electron chi connectivity index (χ3n) is 4.01. The van der Waals surface area contributed by atoms with Crippen LogP contribution in [0.3, 0.4) is 0 Å². The molecule has 0 atom stereocenters. The van der Waals surface area contributed by atoms with E-state index in [1.165, 1.54) is 6.20 Å². The number of piperidine rings is 1. The van der Waals surface area contributed by atoms with E-state index in [-0.39, 0.29) is 5.69 Å². The van der Waals surface area contributed by atoms with E-state index < -0.39 is 4.92 Å². The van der Waals surface area contributed by atoms with Crippen LogP contribution in [0.4, 0.5) is 17.3 Å². The first-order valence-electron chi connectivity index (χ1n) is 7.53. The van der Waals surface area contributed by atoms with Gasteiger partial charge in [0, 0.05) is 30.9 Å². The van der Waals surface area contributed by atoms with Gasteiger partial charge in [-0.1, -0.05) is 0 Å². The average molecular weight is 314 g/mol. The number of rotatable bonds is 4. The second-order valence-electron chi connectivity index (χ2n) is 5.60. The van der Waals surface area contributed by atoms with Gasteiger partial charge in [-0.05, 0) is 38.0 Å². The molecular weight excluding hydrogens is 296 g/mol. The summed E-state index contributed by atoms with van der Waals surface area (Å²) in [5.41, 5.74) is 0.702. The zero-order chi connectivity index (χ0) is 16.2. The molecule has 8 heteroatoms. The summed E-state index contributed by atoms with van der Waals surface area (Å²) in [5.74, 6) is 1.58. The van der Waals surface area contributed by atoms with Gasteiger partial charge in [0.05, 0.1) is 4.92 Å². The predicted octanol–water partition coefficient (Wildman–Crippen LogP) is 2.17. The fourth-order valence-corrected chi connectivity index (χ4v) is 2.74. The Balaban J connectivity index is 1.60. The van der Waals surface area contributed by atoms with Crippen molar-refractivity contribution in [3.63, 3.8) is 0 Å². The standard InChI is InChI=1S/C15H18N6O2/c1-11-9-15(16-10-13(11)21(22)23)20-7-4-12(5-8-20)18-14-3-2-6-17-19-14/h2-3,6,9-10,12H,4-5,7-8H2,1H3,(H,18,19). The van der Waals surface area contributed by atoms with Gasteiger partial charge in [-0.3, -0.25) is 10.1 Å². The zero-order valence-corrected chi connectivity index (χ0v) is 12.8. The van der Waals surface area contributed by atoms with Crippen LogP contribution >= 0.6 is 0 Å². The van der Waals surface area contributed by atoms with Gasteiger partial charge in [0.15, 0.2) is 0 Å². The van der Waals surface area contributed by atoms with Crippen LogP contribution in [0, 0.1) is 17.0 Å². The lowest BCUT2D eigenvalue weighted by Gasteiger charge is -2.33. The summed E-state index contributed by atoms with van der Waals surface area (Å²) < 4.78 is 0. The Bertz CT molecular complexity index is 686. The Hall–Kier alpha value is -2.77. The summed E-state index contributed by atoms with van der Waals surface area (Å²) in [4.78, 5) is 16.9. The van der Waals surface area contributed by atoms with Gasteiger partial charge < -0.3 is 10.2 Å². The van der Waals surface area contributed by atoms with Crippen LogP contribution in [0.5, 0.6) is 0 Å². The van der Waals surface area contributed by atoms with Crippen LogP contribution in [-0.4, -0.2) is 39.2 Å².